The summed E-state index contributed by atoms with van der Waals surface area (Å²) in [5.41, 5.74) is 3.56. The molecule has 0 aromatic carbocycles. The molecule has 100 valence electrons. The minimum atomic E-state index is 0.598. The molecule has 4 nitrogen and oxygen atoms in total. The molecular formula is C13H22N4S. The molecule has 1 N–H and O–H groups in total. The van der Waals surface area contributed by atoms with Crippen LogP contribution in [0.15, 0.2) is 4.99 Å². The maximum atomic E-state index is 4.70. The van der Waals surface area contributed by atoms with Gasteiger partial charge in [-0.05, 0) is 26.7 Å². The van der Waals surface area contributed by atoms with E-state index in [1.165, 1.54) is 29.9 Å². The van der Waals surface area contributed by atoms with E-state index in [9.17, 15) is 0 Å². The largest absolute Gasteiger partial charge is 0.362 e. The number of nitrogens with one attached hydrogen (secondary N) is 1. The average Bonchev–Trinajstić information content (AvgIpc) is 2.61. The molecule has 18 heavy (non-hydrogen) atoms. The number of amidine groups is 1. The van der Waals surface area contributed by atoms with E-state index in [4.69, 9.17) is 4.99 Å². The zero-order valence-electron chi connectivity index (χ0n) is 11.7. The van der Waals surface area contributed by atoms with Gasteiger partial charge in [0.2, 0.25) is 0 Å². The van der Waals surface area contributed by atoms with Gasteiger partial charge in [0.15, 0.2) is 5.17 Å². The number of aliphatic imine (C=N–C) groups is 1. The SMILES string of the molecule is CCC1CCSC(=NCc2c(C)nn(C)c2C)N1. The zero-order chi connectivity index (χ0) is 13.1. The number of aromatic nitrogens is 2. The molecule has 0 spiro atoms. The van der Waals surface area contributed by atoms with Crippen LogP contribution < -0.4 is 5.32 Å². The highest BCUT2D eigenvalue weighted by Crippen LogP contribution is 2.18. The molecule has 2 rings (SSSR count). The van der Waals surface area contributed by atoms with Gasteiger partial charge in [-0.2, -0.15) is 5.10 Å². The van der Waals surface area contributed by atoms with Crippen LogP contribution >= 0.6 is 11.8 Å². The van der Waals surface area contributed by atoms with Crippen molar-refractivity contribution >= 4 is 16.9 Å². The topological polar surface area (TPSA) is 42.2 Å². The maximum absolute atomic E-state index is 4.70. The second-order valence-corrected chi connectivity index (χ2v) is 5.86. The normalized spacial score (nSPS) is 22.2. The Morgan fingerprint density at radius 3 is 2.89 bits per heavy atom. The van der Waals surface area contributed by atoms with Crippen molar-refractivity contribution in [2.45, 2.75) is 46.2 Å². The minimum Gasteiger partial charge on any atom is -0.362 e. The summed E-state index contributed by atoms with van der Waals surface area (Å²) in [7, 11) is 1.99. The van der Waals surface area contributed by atoms with Gasteiger partial charge >= 0.3 is 0 Å². The summed E-state index contributed by atoms with van der Waals surface area (Å²) in [5, 5.41) is 9.02. The van der Waals surface area contributed by atoms with Gasteiger partial charge in [0, 0.05) is 30.1 Å². The Labute approximate surface area is 113 Å². The molecule has 2 heterocycles. The lowest BCUT2D eigenvalue weighted by Gasteiger charge is -2.24. The lowest BCUT2D eigenvalue weighted by molar-refractivity contribution is 0.570. The van der Waals surface area contributed by atoms with Crippen LogP contribution in [0.2, 0.25) is 0 Å². The summed E-state index contributed by atoms with van der Waals surface area (Å²) in [6.45, 7) is 7.11. The van der Waals surface area contributed by atoms with Crippen LogP contribution in [0.3, 0.4) is 0 Å². The van der Waals surface area contributed by atoms with Crippen LogP contribution in [0, 0.1) is 13.8 Å². The third kappa shape index (κ3) is 2.88. The van der Waals surface area contributed by atoms with E-state index in [0.29, 0.717) is 6.04 Å². The van der Waals surface area contributed by atoms with Crippen molar-refractivity contribution in [1.82, 2.24) is 15.1 Å². The Kier molecular flexibility index (Phi) is 4.32. The molecule has 5 heteroatoms. The van der Waals surface area contributed by atoms with Gasteiger partial charge in [0.05, 0.1) is 12.2 Å². The predicted octanol–water partition coefficient (Wildman–Crippen LogP) is 2.40. The predicted molar refractivity (Wildman–Crippen MR) is 78.1 cm³/mol. The van der Waals surface area contributed by atoms with Crippen LogP contribution in [-0.2, 0) is 13.6 Å². The van der Waals surface area contributed by atoms with E-state index in [1.54, 1.807) is 0 Å². The van der Waals surface area contributed by atoms with Gasteiger partial charge in [-0.25, -0.2) is 0 Å². The van der Waals surface area contributed by atoms with E-state index < -0.39 is 0 Å². The molecule has 0 radical (unpaired) electrons. The Bertz CT molecular complexity index is 450. The smallest absolute Gasteiger partial charge is 0.157 e. The van der Waals surface area contributed by atoms with Gasteiger partial charge in [-0.15, -0.1) is 0 Å². The molecule has 0 bridgehead atoms. The third-order valence-corrected chi connectivity index (χ3v) is 4.53. The first-order valence-electron chi connectivity index (χ1n) is 6.54. The number of hydrogen-bond acceptors (Lipinski definition) is 3. The lowest BCUT2D eigenvalue weighted by Crippen LogP contribution is -2.37. The Balaban J connectivity index is 2.05. The maximum Gasteiger partial charge on any atom is 0.157 e. The molecule has 1 aliphatic heterocycles. The highest BCUT2D eigenvalue weighted by atomic mass is 32.2. The summed E-state index contributed by atoms with van der Waals surface area (Å²) in [5.74, 6) is 1.18. The highest BCUT2D eigenvalue weighted by Gasteiger charge is 2.16. The van der Waals surface area contributed by atoms with Gasteiger partial charge in [0.1, 0.15) is 0 Å². The molecule has 0 amide bonds. The quantitative estimate of drug-likeness (QED) is 0.913. The first-order valence-corrected chi connectivity index (χ1v) is 7.53. The Hall–Kier alpha value is -0.970. The number of rotatable bonds is 3. The van der Waals surface area contributed by atoms with Crippen LogP contribution in [0.4, 0.5) is 0 Å². The summed E-state index contributed by atoms with van der Waals surface area (Å²) < 4.78 is 1.93. The van der Waals surface area contributed by atoms with E-state index in [0.717, 1.165) is 17.4 Å². The van der Waals surface area contributed by atoms with Crippen LogP contribution in [0.1, 0.15) is 36.7 Å². The van der Waals surface area contributed by atoms with Crippen molar-refractivity contribution in [2.75, 3.05) is 5.75 Å². The van der Waals surface area contributed by atoms with Crippen molar-refractivity contribution < 1.29 is 0 Å². The Morgan fingerprint density at radius 1 is 1.50 bits per heavy atom. The van der Waals surface area contributed by atoms with Crippen molar-refractivity contribution in [3.8, 4) is 0 Å². The molecule has 1 aromatic rings. The van der Waals surface area contributed by atoms with E-state index in [-0.39, 0.29) is 0 Å². The monoisotopic (exact) mass is 266 g/mol. The highest BCUT2D eigenvalue weighted by molar-refractivity contribution is 8.13. The van der Waals surface area contributed by atoms with Gasteiger partial charge in [0.25, 0.3) is 0 Å². The van der Waals surface area contributed by atoms with E-state index >= 15 is 0 Å². The van der Waals surface area contributed by atoms with Crippen molar-refractivity contribution in [3.05, 3.63) is 17.0 Å². The molecule has 1 aromatic heterocycles. The number of hydrogen-bond donors (Lipinski definition) is 1. The van der Waals surface area contributed by atoms with Crippen molar-refractivity contribution in [1.29, 1.82) is 0 Å². The molecule has 1 unspecified atom stereocenters. The fourth-order valence-corrected chi connectivity index (χ4v) is 3.18. The molecule has 1 aliphatic rings. The summed E-state index contributed by atoms with van der Waals surface area (Å²) in [6.07, 6.45) is 2.41. The van der Waals surface area contributed by atoms with Gasteiger partial charge < -0.3 is 5.32 Å². The minimum absolute atomic E-state index is 0.598. The molecule has 0 aliphatic carbocycles. The second kappa shape index (κ2) is 5.78. The van der Waals surface area contributed by atoms with Crippen LogP contribution in [0.5, 0.6) is 0 Å². The first-order chi connectivity index (χ1) is 8.61. The Morgan fingerprint density at radius 2 is 2.28 bits per heavy atom. The molecular weight excluding hydrogens is 244 g/mol. The molecule has 1 fully saturated rings. The first kappa shape index (κ1) is 13.5. The average molecular weight is 266 g/mol. The zero-order valence-corrected chi connectivity index (χ0v) is 12.5. The lowest BCUT2D eigenvalue weighted by atomic mass is 10.2. The van der Waals surface area contributed by atoms with Crippen molar-refractivity contribution in [3.63, 3.8) is 0 Å². The van der Waals surface area contributed by atoms with Crippen LogP contribution in [0.25, 0.3) is 0 Å². The molecule has 1 saturated heterocycles. The summed E-state index contributed by atoms with van der Waals surface area (Å²) in [6, 6.07) is 0.598. The van der Waals surface area contributed by atoms with E-state index in [2.05, 4.69) is 31.2 Å². The fourth-order valence-electron chi connectivity index (χ4n) is 2.18. The molecule has 1 atom stereocenters. The fraction of sp³-hybridized carbons (Fsp3) is 0.692. The summed E-state index contributed by atoms with van der Waals surface area (Å²) in [4.78, 5) is 4.70. The van der Waals surface area contributed by atoms with Gasteiger partial charge in [-0.1, -0.05) is 18.7 Å². The molecule has 0 saturated carbocycles. The number of nitrogens with zero attached hydrogens (tertiary/aromatic N) is 3. The number of thioether (sulfide) groups is 1. The van der Waals surface area contributed by atoms with Crippen molar-refractivity contribution in [2.24, 2.45) is 12.0 Å². The van der Waals surface area contributed by atoms with E-state index in [1.807, 2.05) is 23.5 Å². The summed E-state index contributed by atoms with van der Waals surface area (Å²) >= 11 is 1.83. The third-order valence-electron chi connectivity index (χ3n) is 3.57. The standard InChI is InChI=1S/C13H22N4S/c1-5-11-6-7-18-13(15-11)14-8-12-9(2)16-17(4)10(12)3/h11H,5-8H2,1-4H3,(H,14,15). The van der Waals surface area contributed by atoms with Crippen LogP contribution in [-0.4, -0.2) is 26.7 Å². The number of aryl methyl sites for hydroxylation is 2. The second-order valence-electron chi connectivity index (χ2n) is 4.78. The van der Waals surface area contributed by atoms with Gasteiger partial charge in [-0.3, -0.25) is 9.67 Å².